The zero-order chi connectivity index (χ0) is 15.4. The minimum absolute atomic E-state index is 0.0905. The molecule has 0 aromatic heterocycles. The van der Waals surface area contributed by atoms with Gasteiger partial charge in [0.1, 0.15) is 0 Å². The molecule has 0 atom stereocenters. The van der Waals surface area contributed by atoms with Crippen LogP contribution >= 0.6 is 0 Å². The second-order valence-electron chi connectivity index (χ2n) is 6.33. The standard InChI is InChI=1S/C20H24O/c1-14(2)19(15(3)4)16-10-12-18(13-11-16)20(21)17-8-6-5-7-9-17/h5-15,19H,1-4H3. The average Bonchev–Trinajstić information content (AvgIpc) is 2.47. The summed E-state index contributed by atoms with van der Waals surface area (Å²) >= 11 is 0. The molecule has 2 aromatic rings. The van der Waals surface area contributed by atoms with Crippen molar-refractivity contribution in [2.45, 2.75) is 33.6 Å². The van der Waals surface area contributed by atoms with Crippen molar-refractivity contribution in [3.63, 3.8) is 0 Å². The molecule has 1 heteroatoms. The normalized spacial score (nSPS) is 11.4. The van der Waals surface area contributed by atoms with E-state index in [-0.39, 0.29) is 5.78 Å². The van der Waals surface area contributed by atoms with Crippen molar-refractivity contribution in [3.05, 3.63) is 71.3 Å². The van der Waals surface area contributed by atoms with Crippen molar-refractivity contribution >= 4 is 5.78 Å². The van der Waals surface area contributed by atoms with E-state index in [0.717, 1.165) is 11.1 Å². The molecule has 0 spiro atoms. The van der Waals surface area contributed by atoms with Crippen LogP contribution in [0.3, 0.4) is 0 Å². The topological polar surface area (TPSA) is 17.1 Å². The van der Waals surface area contributed by atoms with Gasteiger partial charge in [-0.15, -0.1) is 0 Å². The van der Waals surface area contributed by atoms with Crippen molar-refractivity contribution in [1.29, 1.82) is 0 Å². The Balaban J connectivity index is 2.25. The monoisotopic (exact) mass is 280 g/mol. The summed E-state index contributed by atoms with van der Waals surface area (Å²) in [6.07, 6.45) is 0. The van der Waals surface area contributed by atoms with Crippen LogP contribution in [-0.4, -0.2) is 5.78 Å². The maximum Gasteiger partial charge on any atom is 0.193 e. The molecule has 0 unspecified atom stereocenters. The van der Waals surface area contributed by atoms with Crippen LogP contribution in [0.5, 0.6) is 0 Å². The predicted molar refractivity (Wildman–Crippen MR) is 88.7 cm³/mol. The third-order valence-corrected chi connectivity index (χ3v) is 4.03. The van der Waals surface area contributed by atoms with Crippen LogP contribution in [0, 0.1) is 11.8 Å². The number of rotatable bonds is 5. The molecule has 0 aliphatic rings. The second kappa shape index (κ2) is 6.71. The van der Waals surface area contributed by atoms with Gasteiger partial charge in [-0.3, -0.25) is 4.79 Å². The SMILES string of the molecule is CC(C)C(c1ccc(C(=O)c2ccccc2)cc1)C(C)C. The summed E-state index contributed by atoms with van der Waals surface area (Å²) in [7, 11) is 0. The zero-order valence-electron chi connectivity index (χ0n) is 13.3. The molecule has 1 nitrogen and oxygen atoms in total. The molecule has 0 radical (unpaired) electrons. The van der Waals surface area contributed by atoms with Crippen LogP contribution < -0.4 is 0 Å². The van der Waals surface area contributed by atoms with Crippen molar-refractivity contribution in [2.24, 2.45) is 11.8 Å². The Morgan fingerprint density at radius 1 is 0.714 bits per heavy atom. The van der Waals surface area contributed by atoms with Gasteiger partial charge in [0, 0.05) is 11.1 Å². The zero-order valence-corrected chi connectivity index (χ0v) is 13.3. The van der Waals surface area contributed by atoms with Gasteiger partial charge in [0.25, 0.3) is 0 Å². The molecule has 2 aromatic carbocycles. The van der Waals surface area contributed by atoms with Crippen LogP contribution in [0.2, 0.25) is 0 Å². The number of carbonyl (C=O) groups is 1. The summed E-state index contributed by atoms with van der Waals surface area (Å²) in [6.45, 7) is 9.03. The van der Waals surface area contributed by atoms with Gasteiger partial charge >= 0.3 is 0 Å². The summed E-state index contributed by atoms with van der Waals surface area (Å²) in [6, 6.07) is 17.6. The van der Waals surface area contributed by atoms with E-state index in [0.29, 0.717) is 17.8 Å². The highest BCUT2D eigenvalue weighted by Gasteiger charge is 2.19. The van der Waals surface area contributed by atoms with E-state index in [1.54, 1.807) is 0 Å². The molecule has 0 aliphatic heterocycles. The highest BCUT2D eigenvalue weighted by molar-refractivity contribution is 6.08. The average molecular weight is 280 g/mol. The Bertz CT molecular complexity index is 571. The summed E-state index contributed by atoms with van der Waals surface area (Å²) in [5.74, 6) is 1.82. The van der Waals surface area contributed by atoms with E-state index in [1.165, 1.54) is 5.56 Å². The van der Waals surface area contributed by atoms with Gasteiger partial charge < -0.3 is 0 Å². The summed E-state index contributed by atoms with van der Waals surface area (Å²) in [4.78, 5) is 12.4. The van der Waals surface area contributed by atoms with E-state index < -0.39 is 0 Å². The quantitative estimate of drug-likeness (QED) is 0.678. The lowest BCUT2D eigenvalue weighted by molar-refractivity contribution is 0.103. The third kappa shape index (κ3) is 3.60. The molecular formula is C20H24O. The van der Waals surface area contributed by atoms with Crippen LogP contribution in [0.1, 0.15) is 55.1 Å². The van der Waals surface area contributed by atoms with Crippen LogP contribution in [0.15, 0.2) is 54.6 Å². The van der Waals surface area contributed by atoms with Crippen molar-refractivity contribution < 1.29 is 4.79 Å². The summed E-state index contributed by atoms with van der Waals surface area (Å²) in [5, 5.41) is 0. The summed E-state index contributed by atoms with van der Waals surface area (Å²) in [5.41, 5.74) is 2.83. The molecular weight excluding hydrogens is 256 g/mol. The molecule has 0 heterocycles. The van der Waals surface area contributed by atoms with E-state index in [4.69, 9.17) is 0 Å². The smallest absolute Gasteiger partial charge is 0.193 e. The largest absolute Gasteiger partial charge is 0.289 e. The molecule has 0 amide bonds. The van der Waals surface area contributed by atoms with Crippen molar-refractivity contribution in [3.8, 4) is 0 Å². The fourth-order valence-electron chi connectivity index (χ4n) is 3.15. The second-order valence-corrected chi connectivity index (χ2v) is 6.33. The van der Waals surface area contributed by atoms with Gasteiger partial charge in [0.05, 0.1) is 0 Å². The Morgan fingerprint density at radius 3 is 1.67 bits per heavy atom. The molecule has 0 fully saturated rings. The van der Waals surface area contributed by atoms with Crippen LogP contribution in [-0.2, 0) is 0 Å². The van der Waals surface area contributed by atoms with Crippen LogP contribution in [0.25, 0.3) is 0 Å². The van der Waals surface area contributed by atoms with E-state index in [2.05, 4.69) is 39.8 Å². The Kier molecular flexibility index (Phi) is 4.95. The van der Waals surface area contributed by atoms with Crippen molar-refractivity contribution in [1.82, 2.24) is 0 Å². The van der Waals surface area contributed by atoms with Gasteiger partial charge in [-0.1, -0.05) is 82.3 Å². The molecule has 0 bridgehead atoms. The van der Waals surface area contributed by atoms with E-state index in [9.17, 15) is 4.79 Å². The number of ketones is 1. The highest BCUT2D eigenvalue weighted by atomic mass is 16.1. The first-order valence-electron chi connectivity index (χ1n) is 7.70. The Hall–Kier alpha value is -1.89. The minimum atomic E-state index is 0.0905. The lowest BCUT2D eigenvalue weighted by Gasteiger charge is -2.25. The van der Waals surface area contributed by atoms with Gasteiger partial charge in [-0.05, 0) is 23.3 Å². The van der Waals surface area contributed by atoms with E-state index >= 15 is 0 Å². The fraction of sp³-hybridized carbons (Fsp3) is 0.350. The summed E-state index contributed by atoms with van der Waals surface area (Å²) < 4.78 is 0. The van der Waals surface area contributed by atoms with Gasteiger partial charge in [0.2, 0.25) is 0 Å². The minimum Gasteiger partial charge on any atom is -0.289 e. The number of benzene rings is 2. The van der Waals surface area contributed by atoms with Crippen molar-refractivity contribution in [2.75, 3.05) is 0 Å². The van der Waals surface area contributed by atoms with E-state index in [1.807, 2.05) is 42.5 Å². The molecule has 2 rings (SSSR count). The molecule has 110 valence electrons. The first-order valence-corrected chi connectivity index (χ1v) is 7.70. The molecule has 0 aliphatic carbocycles. The molecule has 0 N–H and O–H groups in total. The molecule has 21 heavy (non-hydrogen) atoms. The lowest BCUT2D eigenvalue weighted by Crippen LogP contribution is -2.13. The first kappa shape index (κ1) is 15.5. The highest BCUT2D eigenvalue weighted by Crippen LogP contribution is 2.32. The van der Waals surface area contributed by atoms with Gasteiger partial charge in [-0.2, -0.15) is 0 Å². The van der Waals surface area contributed by atoms with Gasteiger partial charge in [-0.25, -0.2) is 0 Å². The maximum absolute atomic E-state index is 12.4. The first-order chi connectivity index (χ1) is 10.0. The maximum atomic E-state index is 12.4. The molecule has 0 saturated carbocycles. The number of hydrogen-bond acceptors (Lipinski definition) is 1. The number of hydrogen-bond donors (Lipinski definition) is 0. The lowest BCUT2D eigenvalue weighted by atomic mass is 9.80. The van der Waals surface area contributed by atoms with Gasteiger partial charge in [0.15, 0.2) is 5.78 Å². The Morgan fingerprint density at radius 2 is 1.19 bits per heavy atom. The third-order valence-electron chi connectivity index (χ3n) is 4.03. The van der Waals surface area contributed by atoms with Crippen LogP contribution in [0.4, 0.5) is 0 Å². The predicted octanol–water partition coefficient (Wildman–Crippen LogP) is 5.31. The number of carbonyl (C=O) groups excluding carboxylic acids is 1. The Labute approximate surface area is 128 Å². The molecule has 0 saturated heterocycles. The fourth-order valence-corrected chi connectivity index (χ4v) is 3.15.